The van der Waals surface area contributed by atoms with Gasteiger partial charge in [0.15, 0.2) is 10.8 Å². The molecule has 32 heavy (non-hydrogen) atoms. The van der Waals surface area contributed by atoms with Gasteiger partial charge in [-0.25, -0.2) is 0 Å². The molecule has 1 aliphatic heterocycles. The fourth-order valence-corrected chi connectivity index (χ4v) is 5.25. The third kappa shape index (κ3) is 2.75. The number of hydrogen-bond acceptors (Lipinski definition) is 3. The summed E-state index contributed by atoms with van der Waals surface area (Å²) in [6.07, 6.45) is 0.900. The van der Waals surface area contributed by atoms with E-state index in [9.17, 15) is 9.90 Å². The lowest BCUT2D eigenvalue weighted by molar-refractivity contribution is -0.690. The molecule has 1 aliphatic rings. The van der Waals surface area contributed by atoms with Crippen LogP contribution in [0.1, 0.15) is 22.9 Å². The maximum Gasteiger partial charge on any atom is 0.265 e. The van der Waals surface area contributed by atoms with Gasteiger partial charge in [-0.15, -0.1) is 0 Å². The van der Waals surface area contributed by atoms with Gasteiger partial charge in [-0.1, -0.05) is 54.6 Å². The molecule has 3 aromatic carbocycles. The van der Waals surface area contributed by atoms with Crippen LogP contribution in [-0.4, -0.2) is 26.2 Å². The van der Waals surface area contributed by atoms with E-state index < -0.39 is 0 Å². The molecule has 0 radical (unpaired) electrons. The lowest BCUT2D eigenvalue weighted by atomic mass is 9.95. The normalized spacial score (nSPS) is 15.8. The first-order valence-electron chi connectivity index (χ1n) is 10.6. The molecule has 0 amide bonds. The van der Waals surface area contributed by atoms with Crippen LogP contribution in [0.4, 0.5) is 0 Å². The average Bonchev–Trinajstić information content (AvgIpc) is 3.19. The van der Waals surface area contributed by atoms with Crippen molar-refractivity contribution in [2.24, 2.45) is 0 Å². The lowest BCUT2D eigenvalue weighted by Gasteiger charge is -2.23. The van der Waals surface area contributed by atoms with E-state index in [2.05, 4.69) is 21.4 Å². The smallest absolute Gasteiger partial charge is 0.265 e. The second kappa shape index (κ2) is 7.19. The average molecular weight is 442 g/mol. The monoisotopic (exact) mass is 441 g/mol. The zero-order chi connectivity index (χ0) is 21.8. The van der Waals surface area contributed by atoms with E-state index in [-0.39, 0.29) is 22.3 Å². The zero-order valence-electron chi connectivity index (χ0n) is 17.1. The number of aromatic nitrogens is 3. The van der Waals surface area contributed by atoms with E-state index in [0.717, 1.165) is 40.6 Å². The van der Waals surface area contributed by atoms with Gasteiger partial charge >= 0.3 is 0 Å². The number of nitrogens with one attached hydrogen (secondary N) is 2. The highest BCUT2D eigenvalue weighted by atomic mass is 32.1. The Balaban J connectivity index is 1.62. The molecule has 5 N–H and O–H groups in total. The minimum atomic E-state index is -0.364. The first-order chi connectivity index (χ1) is 15.6. The predicted molar refractivity (Wildman–Crippen MR) is 127 cm³/mol. The Kier molecular flexibility index (Phi) is 4.28. The molecule has 0 aliphatic carbocycles. The Morgan fingerprint density at radius 1 is 0.969 bits per heavy atom. The summed E-state index contributed by atoms with van der Waals surface area (Å²) in [5.74, 6) is -0.122. The summed E-state index contributed by atoms with van der Waals surface area (Å²) < 4.78 is 1.74. The molecular formula is C25H21N4O2S+. The van der Waals surface area contributed by atoms with Crippen LogP contribution >= 0.6 is 12.2 Å². The van der Waals surface area contributed by atoms with Crippen LogP contribution in [0.25, 0.3) is 27.4 Å². The van der Waals surface area contributed by atoms with Crippen molar-refractivity contribution < 1.29 is 10.4 Å². The van der Waals surface area contributed by atoms with Crippen molar-refractivity contribution in [3.8, 4) is 11.6 Å². The van der Waals surface area contributed by atoms with Crippen molar-refractivity contribution in [2.45, 2.75) is 12.5 Å². The highest BCUT2D eigenvalue weighted by molar-refractivity contribution is 7.71. The fourth-order valence-electron chi connectivity index (χ4n) is 4.98. The van der Waals surface area contributed by atoms with Gasteiger partial charge in [0.05, 0.1) is 17.9 Å². The Morgan fingerprint density at radius 2 is 1.72 bits per heavy atom. The molecule has 3 heterocycles. The summed E-state index contributed by atoms with van der Waals surface area (Å²) in [5.41, 5.74) is 3.87. The molecule has 1 atom stereocenters. The van der Waals surface area contributed by atoms with Crippen molar-refractivity contribution in [3.05, 3.63) is 98.7 Å². The molecule has 6 rings (SSSR count). The molecule has 2 aromatic heterocycles. The predicted octanol–water partition coefficient (Wildman–Crippen LogP) is 3.44. The number of nitrogens with two attached hydrogens (primary N) is 1. The molecule has 5 aromatic rings. The molecule has 0 saturated carbocycles. The molecule has 0 spiro atoms. The molecule has 0 saturated heterocycles. The Morgan fingerprint density at radius 3 is 2.59 bits per heavy atom. The highest BCUT2D eigenvalue weighted by Crippen LogP contribution is 2.34. The first kappa shape index (κ1) is 19.0. The van der Waals surface area contributed by atoms with Gasteiger partial charge < -0.3 is 15.4 Å². The number of nitrogens with zero attached hydrogens (tertiary/aromatic N) is 1. The standard InChI is InChI=1S/C25H20N4O2S/c30-23-20(22-21-17(12-13-26-22)16-9-3-4-10-18(16)27-21)24(31)29(25(32)28-23)19-11-5-7-14-6-1-2-8-15(14)19/h1-11,22,26-27,31H,12-13H2,(H,28,30,32)/p+1/t22-/m1/s1. The highest BCUT2D eigenvalue weighted by Gasteiger charge is 2.34. The lowest BCUT2D eigenvalue weighted by Crippen LogP contribution is -2.87. The SMILES string of the molecule is O=c1[nH]c(=S)n(-c2cccc3ccccc23)c(O)c1[C@H]1[NH2+]CCc2c1[nH]c1ccccc21. The van der Waals surface area contributed by atoms with Crippen molar-refractivity contribution in [2.75, 3.05) is 6.54 Å². The summed E-state index contributed by atoms with van der Waals surface area (Å²) in [4.78, 5) is 19.4. The molecule has 7 heteroatoms. The summed E-state index contributed by atoms with van der Waals surface area (Å²) in [6.45, 7) is 0.822. The third-order valence-corrected chi connectivity index (χ3v) is 6.68. The van der Waals surface area contributed by atoms with Crippen LogP contribution in [0.3, 0.4) is 0 Å². The van der Waals surface area contributed by atoms with Gasteiger partial charge in [-0.2, -0.15) is 0 Å². The van der Waals surface area contributed by atoms with Gasteiger partial charge in [-0.05, 0) is 35.3 Å². The van der Waals surface area contributed by atoms with E-state index in [4.69, 9.17) is 12.2 Å². The Bertz CT molecular complexity index is 1620. The largest absolute Gasteiger partial charge is 0.494 e. The van der Waals surface area contributed by atoms with E-state index in [0.29, 0.717) is 5.56 Å². The number of benzene rings is 3. The summed E-state index contributed by atoms with van der Waals surface area (Å²) in [5, 5.41) is 16.7. The van der Waals surface area contributed by atoms with Gasteiger partial charge in [0.1, 0.15) is 5.56 Å². The van der Waals surface area contributed by atoms with E-state index in [1.54, 1.807) is 4.57 Å². The van der Waals surface area contributed by atoms with E-state index >= 15 is 0 Å². The molecule has 0 bridgehead atoms. The zero-order valence-corrected chi connectivity index (χ0v) is 17.9. The Hall–Kier alpha value is -3.68. The molecule has 6 nitrogen and oxygen atoms in total. The van der Waals surface area contributed by atoms with E-state index in [1.807, 2.05) is 60.7 Å². The number of H-pyrrole nitrogens is 2. The number of quaternary nitrogens is 1. The van der Waals surface area contributed by atoms with Crippen LogP contribution in [0.2, 0.25) is 0 Å². The van der Waals surface area contributed by atoms with Crippen molar-refractivity contribution >= 4 is 33.9 Å². The van der Waals surface area contributed by atoms with Gasteiger partial charge in [0, 0.05) is 22.7 Å². The maximum atomic E-state index is 13.1. The molecule has 0 unspecified atom stereocenters. The minimum absolute atomic E-state index is 0.122. The Labute approximate surface area is 188 Å². The second-order valence-corrected chi connectivity index (χ2v) is 8.53. The van der Waals surface area contributed by atoms with Crippen molar-refractivity contribution in [1.29, 1.82) is 0 Å². The number of aromatic hydroxyl groups is 1. The van der Waals surface area contributed by atoms with Crippen LogP contribution in [-0.2, 0) is 6.42 Å². The third-order valence-electron chi connectivity index (χ3n) is 6.39. The second-order valence-electron chi connectivity index (χ2n) is 8.15. The number of aromatic amines is 2. The molecular weight excluding hydrogens is 420 g/mol. The van der Waals surface area contributed by atoms with Gasteiger partial charge in [0.2, 0.25) is 5.88 Å². The van der Waals surface area contributed by atoms with Gasteiger partial charge in [-0.3, -0.25) is 14.3 Å². The minimum Gasteiger partial charge on any atom is -0.494 e. The molecule has 0 fully saturated rings. The van der Waals surface area contributed by atoms with E-state index in [1.165, 1.54) is 10.9 Å². The van der Waals surface area contributed by atoms with Crippen LogP contribution in [0, 0.1) is 4.77 Å². The van der Waals surface area contributed by atoms with Crippen LogP contribution in [0.5, 0.6) is 5.88 Å². The first-order valence-corrected chi connectivity index (χ1v) is 11.0. The quantitative estimate of drug-likeness (QED) is 0.316. The summed E-state index contributed by atoms with van der Waals surface area (Å²) >= 11 is 5.49. The summed E-state index contributed by atoms with van der Waals surface area (Å²) in [7, 11) is 0. The van der Waals surface area contributed by atoms with Crippen molar-refractivity contribution in [3.63, 3.8) is 0 Å². The molecule has 158 valence electrons. The topological polar surface area (TPSA) is 90.4 Å². The van der Waals surface area contributed by atoms with Crippen LogP contribution < -0.4 is 10.9 Å². The number of rotatable bonds is 2. The number of para-hydroxylation sites is 1. The number of hydrogen-bond donors (Lipinski definition) is 4. The maximum absolute atomic E-state index is 13.1. The number of fused-ring (bicyclic) bond motifs is 4. The fraction of sp³-hybridized carbons (Fsp3) is 0.120. The van der Waals surface area contributed by atoms with Crippen molar-refractivity contribution in [1.82, 2.24) is 14.5 Å². The van der Waals surface area contributed by atoms with Crippen LogP contribution in [0.15, 0.2) is 71.5 Å². The van der Waals surface area contributed by atoms with Gasteiger partial charge in [0.25, 0.3) is 5.56 Å². The summed E-state index contributed by atoms with van der Waals surface area (Å²) in [6, 6.07) is 21.5.